The minimum absolute atomic E-state index is 0.569. The molecule has 1 unspecified atom stereocenters. The summed E-state index contributed by atoms with van der Waals surface area (Å²) in [5.74, 6) is 0. The Balaban J connectivity index is 2.02. The minimum Gasteiger partial charge on any atom is -0.326 e. The third-order valence-electron chi connectivity index (χ3n) is 3.98. The molecule has 2 N–H and O–H groups in total. The molecule has 106 valence electrons. The Morgan fingerprint density at radius 1 is 1.37 bits per heavy atom. The van der Waals surface area contributed by atoms with E-state index >= 15 is 0 Å². The van der Waals surface area contributed by atoms with Crippen LogP contribution >= 0.6 is 0 Å². The first kappa shape index (κ1) is 14.4. The first-order valence-corrected chi connectivity index (χ1v) is 7.29. The van der Waals surface area contributed by atoms with Crippen LogP contribution < -0.4 is 5.73 Å². The molecular weight excluding hydrogens is 236 g/mol. The Labute approximate surface area is 116 Å². The number of rotatable bonds is 4. The Hall–Kier alpha value is -0.970. The minimum atomic E-state index is 0.569. The number of hydrogen-bond acceptors (Lipinski definition) is 4. The van der Waals surface area contributed by atoms with E-state index in [0.29, 0.717) is 12.6 Å². The first-order valence-electron chi connectivity index (χ1n) is 7.29. The summed E-state index contributed by atoms with van der Waals surface area (Å²) in [5.41, 5.74) is 7.86. The summed E-state index contributed by atoms with van der Waals surface area (Å²) in [6.07, 6.45) is 4.35. The van der Waals surface area contributed by atoms with Crippen molar-refractivity contribution in [1.29, 1.82) is 0 Å². The van der Waals surface area contributed by atoms with Crippen LogP contribution in [-0.4, -0.2) is 47.5 Å². The molecule has 0 bridgehead atoms. The maximum absolute atomic E-state index is 5.61. The second kappa shape index (κ2) is 6.98. The van der Waals surface area contributed by atoms with E-state index in [2.05, 4.69) is 40.9 Å². The van der Waals surface area contributed by atoms with Gasteiger partial charge in [-0.15, -0.1) is 0 Å². The van der Waals surface area contributed by atoms with Crippen molar-refractivity contribution in [3.05, 3.63) is 29.6 Å². The van der Waals surface area contributed by atoms with Gasteiger partial charge < -0.3 is 10.6 Å². The summed E-state index contributed by atoms with van der Waals surface area (Å²) in [6.45, 7) is 7.34. The van der Waals surface area contributed by atoms with Crippen LogP contribution in [0.4, 0.5) is 0 Å². The fourth-order valence-electron chi connectivity index (χ4n) is 2.77. The summed E-state index contributed by atoms with van der Waals surface area (Å²) in [6, 6.07) is 4.85. The molecule has 4 heteroatoms. The lowest BCUT2D eigenvalue weighted by atomic mass is 10.1. The predicted molar refractivity (Wildman–Crippen MR) is 78.7 cm³/mol. The highest BCUT2D eigenvalue weighted by molar-refractivity contribution is 5.13. The van der Waals surface area contributed by atoms with Crippen molar-refractivity contribution in [3.8, 4) is 0 Å². The lowest BCUT2D eigenvalue weighted by Crippen LogP contribution is -2.39. The largest absolute Gasteiger partial charge is 0.326 e. The van der Waals surface area contributed by atoms with Gasteiger partial charge in [-0.3, -0.25) is 9.88 Å². The standard InChI is InChI=1S/C15H26N4/c1-3-15-12-18(2)7-4-8-19(15)11-14-6-5-13(9-16)10-17-14/h5-6,10,15H,3-4,7-9,11-12,16H2,1-2H3. The zero-order valence-corrected chi connectivity index (χ0v) is 12.2. The molecule has 0 aliphatic carbocycles. The van der Waals surface area contributed by atoms with E-state index in [1.807, 2.05) is 6.20 Å². The summed E-state index contributed by atoms with van der Waals surface area (Å²) >= 11 is 0. The van der Waals surface area contributed by atoms with E-state index in [4.69, 9.17) is 5.73 Å². The van der Waals surface area contributed by atoms with Crippen molar-refractivity contribution >= 4 is 0 Å². The molecule has 4 nitrogen and oxygen atoms in total. The highest BCUT2D eigenvalue weighted by Gasteiger charge is 2.22. The van der Waals surface area contributed by atoms with Crippen molar-refractivity contribution in [1.82, 2.24) is 14.8 Å². The Bertz CT molecular complexity index is 376. The number of pyridine rings is 1. The van der Waals surface area contributed by atoms with Crippen LogP contribution in [0.25, 0.3) is 0 Å². The Kier molecular flexibility index (Phi) is 5.31. The maximum Gasteiger partial charge on any atom is 0.0544 e. The van der Waals surface area contributed by atoms with Gasteiger partial charge in [0, 0.05) is 38.4 Å². The predicted octanol–water partition coefficient (Wildman–Crippen LogP) is 1.46. The number of nitrogens with two attached hydrogens (primary N) is 1. The molecule has 1 aliphatic heterocycles. The van der Waals surface area contributed by atoms with Gasteiger partial charge in [-0.1, -0.05) is 13.0 Å². The highest BCUT2D eigenvalue weighted by Crippen LogP contribution is 2.15. The number of nitrogens with zero attached hydrogens (tertiary/aromatic N) is 3. The smallest absolute Gasteiger partial charge is 0.0544 e. The Morgan fingerprint density at radius 3 is 2.84 bits per heavy atom. The quantitative estimate of drug-likeness (QED) is 0.892. The van der Waals surface area contributed by atoms with Gasteiger partial charge in [0.25, 0.3) is 0 Å². The third kappa shape index (κ3) is 4.00. The van der Waals surface area contributed by atoms with Crippen LogP contribution in [0.2, 0.25) is 0 Å². The molecule has 1 aliphatic rings. The monoisotopic (exact) mass is 262 g/mol. The van der Waals surface area contributed by atoms with Crippen molar-refractivity contribution in [2.24, 2.45) is 5.73 Å². The van der Waals surface area contributed by atoms with E-state index in [0.717, 1.165) is 24.3 Å². The van der Waals surface area contributed by atoms with Crippen molar-refractivity contribution < 1.29 is 0 Å². The van der Waals surface area contributed by atoms with Crippen molar-refractivity contribution in [2.75, 3.05) is 26.7 Å². The molecule has 0 amide bonds. The van der Waals surface area contributed by atoms with Crippen LogP contribution in [0.3, 0.4) is 0 Å². The van der Waals surface area contributed by atoms with E-state index in [9.17, 15) is 0 Å². The van der Waals surface area contributed by atoms with Gasteiger partial charge in [0.15, 0.2) is 0 Å². The number of likely N-dealkylation sites (N-methyl/N-ethyl adjacent to an activating group) is 1. The lowest BCUT2D eigenvalue weighted by molar-refractivity contribution is 0.174. The second-order valence-electron chi connectivity index (χ2n) is 5.51. The first-order chi connectivity index (χ1) is 9.22. The average Bonchev–Trinajstić information content (AvgIpc) is 2.61. The molecule has 2 heterocycles. The van der Waals surface area contributed by atoms with Gasteiger partial charge in [0.2, 0.25) is 0 Å². The Morgan fingerprint density at radius 2 is 2.21 bits per heavy atom. The normalized spacial score (nSPS) is 22.4. The zero-order valence-electron chi connectivity index (χ0n) is 12.2. The second-order valence-corrected chi connectivity index (χ2v) is 5.51. The van der Waals surface area contributed by atoms with Gasteiger partial charge in [-0.05, 0) is 38.1 Å². The van der Waals surface area contributed by atoms with Crippen LogP contribution in [0, 0.1) is 0 Å². The van der Waals surface area contributed by atoms with E-state index in [-0.39, 0.29) is 0 Å². The van der Waals surface area contributed by atoms with E-state index in [1.54, 1.807) is 0 Å². The maximum atomic E-state index is 5.61. The summed E-state index contributed by atoms with van der Waals surface area (Å²) in [7, 11) is 2.22. The highest BCUT2D eigenvalue weighted by atomic mass is 15.2. The number of aromatic nitrogens is 1. The van der Waals surface area contributed by atoms with E-state index in [1.165, 1.54) is 25.9 Å². The summed E-state index contributed by atoms with van der Waals surface area (Å²) in [4.78, 5) is 9.55. The van der Waals surface area contributed by atoms with Gasteiger partial charge in [0.05, 0.1) is 5.69 Å². The molecule has 1 fully saturated rings. The SMILES string of the molecule is CCC1CN(C)CCCN1Cc1ccc(CN)cn1. The van der Waals surface area contributed by atoms with Gasteiger partial charge >= 0.3 is 0 Å². The van der Waals surface area contributed by atoms with Crippen LogP contribution in [0.5, 0.6) is 0 Å². The summed E-state index contributed by atoms with van der Waals surface area (Å²) in [5, 5.41) is 0. The van der Waals surface area contributed by atoms with Crippen molar-refractivity contribution in [3.63, 3.8) is 0 Å². The molecule has 1 aromatic heterocycles. The molecule has 1 saturated heterocycles. The fraction of sp³-hybridized carbons (Fsp3) is 0.667. The van der Waals surface area contributed by atoms with E-state index < -0.39 is 0 Å². The average molecular weight is 262 g/mol. The molecule has 0 saturated carbocycles. The van der Waals surface area contributed by atoms with Crippen molar-refractivity contribution in [2.45, 2.75) is 38.9 Å². The number of hydrogen-bond donors (Lipinski definition) is 1. The fourth-order valence-corrected chi connectivity index (χ4v) is 2.77. The van der Waals surface area contributed by atoms with Gasteiger partial charge in [-0.2, -0.15) is 0 Å². The molecule has 1 atom stereocenters. The molecule has 19 heavy (non-hydrogen) atoms. The molecule has 0 aromatic carbocycles. The van der Waals surface area contributed by atoms with Crippen LogP contribution in [0.1, 0.15) is 31.0 Å². The molecule has 0 spiro atoms. The summed E-state index contributed by atoms with van der Waals surface area (Å²) < 4.78 is 0. The van der Waals surface area contributed by atoms with Crippen LogP contribution in [-0.2, 0) is 13.1 Å². The molecule has 1 aromatic rings. The molecule has 0 radical (unpaired) electrons. The van der Waals surface area contributed by atoms with Crippen LogP contribution in [0.15, 0.2) is 18.3 Å². The topological polar surface area (TPSA) is 45.4 Å². The lowest BCUT2D eigenvalue weighted by Gasteiger charge is -2.29. The zero-order chi connectivity index (χ0) is 13.7. The van der Waals surface area contributed by atoms with Gasteiger partial charge in [-0.25, -0.2) is 0 Å². The third-order valence-corrected chi connectivity index (χ3v) is 3.98. The molecule has 2 rings (SSSR count). The van der Waals surface area contributed by atoms with Gasteiger partial charge in [0.1, 0.15) is 0 Å². The molecular formula is C15H26N4.